The van der Waals surface area contributed by atoms with E-state index in [1.54, 1.807) is 6.07 Å². The zero-order chi connectivity index (χ0) is 19.9. The highest BCUT2D eigenvalue weighted by molar-refractivity contribution is 9.11. The van der Waals surface area contributed by atoms with E-state index < -0.39 is 0 Å². The fraction of sp³-hybridized carbons (Fsp3) is 0.400. The van der Waals surface area contributed by atoms with Gasteiger partial charge in [-0.15, -0.1) is 11.3 Å². The third-order valence-electron chi connectivity index (χ3n) is 4.42. The molecule has 6 nitrogen and oxygen atoms in total. The molecule has 0 saturated carbocycles. The van der Waals surface area contributed by atoms with Crippen LogP contribution in [0, 0.1) is 0 Å². The number of nitrogens with zero attached hydrogens (tertiary/aromatic N) is 1. The van der Waals surface area contributed by atoms with Gasteiger partial charge in [0.05, 0.1) is 27.9 Å². The molecule has 8 heteroatoms. The van der Waals surface area contributed by atoms with Crippen LogP contribution in [0.2, 0.25) is 0 Å². The minimum atomic E-state index is -0.243. The summed E-state index contributed by atoms with van der Waals surface area (Å²) in [4.78, 5) is 27.0. The molecule has 1 saturated heterocycles. The fourth-order valence-corrected chi connectivity index (χ4v) is 4.38. The number of carbonyl (C=O) groups is 2. The summed E-state index contributed by atoms with van der Waals surface area (Å²) < 4.78 is 6.47. The Morgan fingerprint density at radius 1 is 1.25 bits per heavy atom. The third-order valence-corrected chi connectivity index (χ3v) is 6.04. The lowest BCUT2D eigenvalue weighted by molar-refractivity contribution is -0.120. The molecule has 2 heterocycles. The van der Waals surface area contributed by atoms with E-state index in [-0.39, 0.29) is 24.5 Å². The summed E-state index contributed by atoms with van der Waals surface area (Å²) in [6.45, 7) is 6.00. The number of nitrogens with one attached hydrogen (secondary N) is 2. The Balaban J connectivity index is 1.43. The van der Waals surface area contributed by atoms with Crippen LogP contribution < -0.4 is 10.6 Å². The molecule has 1 aliphatic rings. The Hall–Kier alpha value is -1.74. The molecule has 1 aliphatic heterocycles. The van der Waals surface area contributed by atoms with Crippen molar-refractivity contribution in [1.29, 1.82) is 0 Å². The lowest BCUT2D eigenvalue weighted by Crippen LogP contribution is -2.40. The highest BCUT2D eigenvalue weighted by atomic mass is 79.9. The molecule has 1 aromatic heterocycles. The molecule has 1 unspecified atom stereocenters. The number of thiophene rings is 1. The van der Waals surface area contributed by atoms with E-state index >= 15 is 0 Å². The van der Waals surface area contributed by atoms with Crippen molar-refractivity contribution >= 4 is 39.1 Å². The number of amides is 2. The molecule has 0 bridgehead atoms. The fourth-order valence-electron chi connectivity index (χ4n) is 3.08. The third kappa shape index (κ3) is 6.41. The first-order chi connectivity index (χ1) is 13.5. The normalized spacial score (nSPS) is 17.3. The minimum absolute atomic E-state index is 0.0420. The number of hydrogen-bond donors (Lipinski definition) is 2. The van der Waals surface area contributed by atoms with Crippen molar-refractivity contribution < 1.29 is 14.3 Å². The van der Waals surface area contributed by atoms with E-state index in [2.05, 4.69) is 50.5 Å². The molecular formula is C20H24BrN3O3S. The van der Waals surface area contributed by atoms with Gasteiger partial charge in [0.15, 0.2) is 0 Å². The summed E-state index contributed by atoms with van der Waals surface area (Å²) in [5.41, 5.74) is 2.26. The molecule has 3 rings (SSSR count). The van der Waals surface area contributed by atoms with Gasteiger partial charge < -0.3 is 15.4 Å². The zero-order valence-electron chi connectivity index (χ0n) is 15.7. The van der Waals surface area contributed by atoms with Crippen LogP contribution in [0.1, 0.15) is 27.7 Å². The largest absolute Gasteiger partial charge is 0.376 e. The Labute approximate surface area is 177 Å². The highest BCUT2D eigenvalue weighted by Gasteiger charge is 2.16. The van der Waals surface area contributed by atoms with Gasteiger partial charge in [0, 0.05) is 26.2 Å². The Bertz CT molecular complexity index is 827. The van der Waals surface area contributed by atoms with Crippen molar-refractivity contribution in [3.8, 4) is 0 Å². The Morgan fingerprint density at radius 3 is 2.82 bits per heavy atom. The summed E-state index contributed by atoms with van der Waals surface area (Å²) in [6, 6.07) is 11.8. The van der Waals surface area contributed by atoms with Crippen molar-refractivity contribution in [1.82, 2.24) is 15.5 Å². The Kier molecular flexibility index (Phi) is 7.61. The van der Waals surface area contributed by atoms with E-state index in [9.17, 15) is 9.59 Å². The summed E-state index contributed by atoms with van der Waals surface area (Å²) >= 11 is 4.66. The van der Waals surface area contributed by atoms with Crippen LogP contribution in [0.5, 0.6) is 0 Å². The van der Waals surface area contributed by atoms with Gasteiger partial charge in [-0.25, -0.2) is 0 Å². The van der Waals surface area contributed by atoms with Crippen molar-refractivity contribution in [2.24, 2.45) is 0 Å². The van der Waals surface area contributed by atoms with E-state index in [1.807, 2.05) is 18.2 Å². The van der Waals surface area contributed by atoms with Crippen LogP contribution in [0.25, 0.3) is 0 Å². The molecule has 150 valence electrons. The van der Waals surface area contributed by atoms with Gasteiger partial charge in [-0.05, 0) is 46.1 Å². The number of benzene rings is 1. The van der Waals surface area contributed by atoms with E-state index in [4.69, 9.17) is 4.74 Å². The van der Waals surface area contributed by atoms with E-state index in [0.717, 1.165) is 35.6 Å². The second kappa shape index (κ2) is 10.2. The second-order valence-electron chi connectivity index (χ2n) is 6.80. The molecule has 2 aromatic rings. The van der Waals surface area contributed by atoms with Crippen LogP contribution in [-0.4, -0.2) is 49.1 Å². The van der Waals surface area contributed by atoms with Gasteiger partial charge in [0.1, 0.15) is 0 Å². The first-order valence-corrected chi connectivity index (χ1v) is 10.8. The molecule has 28 heavy (non-hydrogen) atoms. The van der Waals surface area contributed by atoms with Crippen molar-refractivity contribution in [3.63, 3.8) is 0 Å². The maximum absolute atomic E-state index is 12.0. The molecule has 0 aliphatic carbocycles. The predicted molar refractivity (Wildman–Crippen MR) is 113 cm³/mol. The lowest BCUT2D eigenvalue weighted by atomic mass is 10.1. The van der Waals surface area contributed by atoms with Crippen LogP contribution in [0.15, 0.2) is 40.2 Å². The van der Waals surface area contributed by atoms with E-state index in [0.29, 0.717) is 11.4 Å². The summed E-state index contributed by atoms with van der Waals surface area (Å²) in [5, 5.41) is 5.49. The quantitative estimate of drug-likeness (QED) is 0.659. The molecule has 1 aromatic carbocycles. The van der Waals surface area contributed by atoms with Crippen LogP contribution in [0.3, 0.4) is 0 Å². The molecule has 2 amide bonds. The molecule has 0 radical (unpaired) electrons. The topological polar surface area (TPSA) is 70.7 Å². The number of morpholine rings is 1. The van der Waals surface area contributed by atoms with Gasteiger partial charge in [-0.3, -0.25) is 14.5 Å². The first-order valence-electron chi connectivity index (χ1n) is 9.21. The SMILES string of the molecule is CC1CN(Cc2cccc(CNC(=O)CNC(=O)c3ccc(Br)s3)c2)CCO1. The maximum Gasteiger partial charge on any atom is 0.261 e. The smallest absolute Gasteiger partial charge is 0.261 e. The zero-order valence-corrected chi connectivity index (χ0v) is 18.1. The maximum atomic E-state index is 12.0. The van der Waals surface area contributed by atoms with Gasteiger partial charge in [0.25, 0.3) is 5.91 Å². The molecule has 1 fully saturated rings. The number of carbonyl (C=O) groups excluding carboxylic acids is 2. The van der Waals surface area contributed by atoms with Crippen LogP contribution in [0.4, 0.5) is 0 Å². The van der Waals surface area contributed by atoms with Crippen molar-refractivity contribution in [2.45, 2.75) is 26.1 Å². The van der Waals surface area contributed by atoms with E-state index in [1.165, 1.54) is 16.9 Å². The number of halogens is 1. The average molecular weight is 466 g/mol. The monoisotopic (exact) mass is 465 g/mol. The predicted octanol–water partition coefficient (Wildman–Crippen LogP) is 2.78. The molecule has 2 N–H and O–H groups in total. The number of rotatable bonds is 7. The number of hydrogen-bond acceptors (Lipinski definition) is 5. The summed E-state index contributed by atoms with van der Waals surface area (Å²) in [6.07, 6.45) is 0.265. The summed E-state index contributed by atoms with van der Waals surface area (Å²) in [7, 11) is 0. The number of ether oxygens (including phenoxy) is 1. The van der Waals surface area contributed by atoms with Crippen molar-refractivity contribution in [2.75, 3.05) is 26.2 Å². The van der Waals surface area contributed by atoms with Gasteiger partial charge in [-0.2, -0.15) is 0 Å². The van der Waals surface area contributed by atoms with Crippen molar-refractivity contribution in [3.05, 3.63) is 56.2 Å². The Morgan fingerprint density at radius 2 is 2.07 bits per heavy atom. The van der Waals surface area contributed by atoms with Gasteiger partial charge in [-0.1, -0.05) is 24.3 Å². The highest BCUT2D eigenvalue weighted by Crippen LogP contribution is 2.21. The summed E-state index contributed by atoms with van der Waals surface area (Å²) in [5.74, 6) is -0.455. The standard InChI is InChI=1S/C20H24BrN3O3S/c1-14-12-24(7-8-27-14)13-16-4-2-3-15(9-16)10-22-19(25)11-23-20(26)17-5-6-18(21)28-17/h2-6,9,14H,7-8,10-13H2,1H3,(H,22,25)(H,23,26). The average Bonchev–Trinajstić information content (AvgIpc) is 3.11. The molecule has 0 spiro atoms. The molecule has 1 atom stereocenters. The van der Waals surface area contributed by atoms with Crippen LogP contribution >= 0.6 is 27.3 Å². The van der Waals surface area contributed by atoms with Crippen LogP contribution in [-0.2, 0) is 22.6 Å². The second-order valence-corrected chi connectivity index (χ2v) is 9.26. The molecular weight excluding hydrogens is 442 g/mol. The first kappa shape index (κ1) is 21.0. The lowest BCUT2D eigenvalue weighted by Gasteiger charge is -2.31. The van der Waals surface area contributed by atoms with Gasteiger partial charge >= 0.3 is 0 Å². The van der Waals surface area contributed by atoms with Gasteiger partial charge in [0.2, 0.25) is 5.91 Å². The minimum Gasteiger partial charge on any atom is -0.376 e.